The van der Waals surface area contributed by atoms with Crippen LogP contribution < -0.4 is 4.74 Å². The van der Waals surface area contributed by atoms with Crippen molar-refractivity contribution < 1.29 is 9.53 Å². The maximum absolute atomic E-state index is 12.1. The number of hydrogen-bond acceptors (Lipinski definition) is 2. The molecule has 1 aromatic carbocycles. The second-order valence-corrected chi connectivity index (χ2v) is 5.85. The largest absolute Gasteiger partial charge is 0.497 e. The Morgan fingerprint density at radius 1 is 1.29 bits per heavy atom. The number of ketones is 1. The first-order valence-corrected chi connectivity index (χ1v) is 7.35. The highest BCUT2D eigenvalue weighted by Crippen LogP contribution is 2.21. The van der Waals surface area contributed by atoms with Crippen molar-refractivity contribution in [3.63, 3.8) is 0 Å². The maximum atomic E-state index is 12.1. The number of carbonyl (C=O) groups excluding carboxylic acids is 1. The number of Topliss-reactive ketones (excluding diaryl/α,β-unsaturated/α-hetero) is 1. The molecule has 0 bridgehead atoms. The van der Waals surface area contributed by atoms with Crippen LogP contribution in [0.15, 0.2) is 30.3 Å². The Morgan fingerprint density at radius 3 is 2.43 bits per heavy atom. The van der Waals surface area contributed by atoms with Crippen molar-refractivity contribution in [1.82, 2.24) is 4.57 Å². The molecule has 0 amide bonds. The van der Waals surface area contributed by atoms with Gasteiger partial charge in [-0.1, -0.05) is 12.1 Å². The summed E-state index contributed by atoms with van der Waals surface area (Å²) < 4.78 is 7.30. The average Bonchev–Trinajstić information content (AvgIpc) is 2.75. The molecule has 0 radical (unpaired) electrons. The zero-order valence-electron chi connectivity index (χ0n) is 12.8. The number of methoxy groups -OCH3 is 1. The molecule has 1 unspecified atom stereocenters. The third kappa shape index (κ3) is 3.30. The van der Waals surface area contributed by atoms with Crippen LogP contribution in [0.4, 0.5) is 0 Å². The lowest BCUT2D eigenvalue weighted by atomic mass is 10.1. The van der Waals surface area contributed by atoms with E-state index in [-0.39, 0.29) is 5.78 Å². The van der Waals surface area contributed by atoms with Gasteiger partial charge in [0.2, 0.25) is 0 Å². The van der Waals surface area contributed by atoms with E-state index in [2.05, 4.69) is 4.57 Å². The molecule has 4 heteroatoms. The van der Waals surface area contributed by atoms with Crippen LogP contribution in [0, 0.1) is 13.8 Å². The molecule has 112 valence electrons. The molecule has 1 aromatic heterocycles. The molecule has 0 fully saturated rings. The molecule has 0 saturated heterocycles. The fraction of sp³-hybridized carbons (Fsp3) is 0.353. The molecule has 1 heterocycles. The number of aryl methyl sites for hydroxylation is 1. The van der Waals surface area contributed by atoms with E-state index >= 15 is 0 Å². The second-order valence-electron chi connectivity index (χ2n) is 5.20. The van der Waals surface area contributed by atoms with Crippen molar-refractivity contribution in [1.29, 1.82) is 0 Å². The van der Waals surface area contributed by atoms with Gasteiger partial charge in [0.1, 0.15) is 5.75 Å². The molecular weight excluding hydrogens is 286 g/mol. The number of rotatable bonds is 5. The standard InChI is InChI=1S/C17H20ClNO2/c1-11-9-16(17(20)12(2)18)13(3)19(11)10-14-5-7-15(21-4)8-6-14/h5-9,12H,10H2,1-4H3. The van der Waals surface area contributed by atoms with Gasteiger partial charge in [0.15, 0.2) is 5.78 Å². The van der Waals surface area contributed by atoms with Crippen LogP contribution in [0.25, 0.3) is 0 Å². The highest BCUT2D eigenvalue weighted by Gasteiger charge is 2.19. The normalized spacial score (nSPS) is 12.2. The van der Waals surface area contributed by atoms with Gasteiger partial charge < -0.3 is 9.30 Å². The Morgan fingerprint density at radius 2 is 1.90 bits per heavy atom. The molecule has 0 spiro atoms. The van der Waals surface area contributed by atoms with E-state index in [1.54, 1.807) is 14.0 Å². The van der Waals surface area contributed by atoms with Gasteiger partial charge in [0, 0.05) is 23.5 Å². The third-order valence-electron chi connectivity index (χ3n) is 3.70. The number of carbonyl (C=O) groups is 1. The Kier molecular flexibility index (Phi) is 4.73. The molecule has 3 nitrogen and oxygen atoms in total. The van der Waals surface area contributed by atoms with Gasteiger partial charge in [-0.2, -0.15) is 0 Å². The van der Waals surface area contributed by atoms with Crippen molar-refractivity contribution >= 4 is 17.4 Å². The lowest BCUT2D eigenvalue weighted by Crippen LogP contribution is -2.12. The molecule has 2 aromatic rings. The quantitative estimate of drug-likeness (QED) is 0.618. The van der Waals surface area contributed by atoms with Crippen LogP contribution >= 0.6 is 11.6 Å². The van der Waals surface area contributed by atoms with E-state index in [0.29, 0.717) is 5.56 Å². The minimum Gasteiger partial charge on any atom is -0.497 e. The fourth-order valence-electron chi connectivity index (χ4n) is 2.42. The molecule has 0 aliphatic heterocycles. The summed E-state index contributed by atoms with van der Waals surface area (Å²) in [5.41, 5.74) is 3.89. The Balaban J connectivity index is 2.29. The second kappa shape index (κ2) is 6.35. The SMILES string of the molecule is COc1ccc(Cn2c(C)cc(C(=O)C(C)Cl)c2C)cc1. The summed E-state index contributed by atoms with van der Waals surface area (Å²) in [6.45, 7) is 6.40. The number of ether oxygens (including phenoxy) is 1. The van der Waals surface area contributed by atoms with Crippen LogP contribution in [0.5, 0.6) is 5.75 Å². The van der Waals surface area contributed by atoms with E-state index in [1.165, 1.54) is 0 Å². The van der Waals surface area contributed by atoms with E-state index < -0.39 is 5.38 Å². The summed E-state index contributed by atoms with van der Waals surface area (Å²) in [7, 11) is 1.65. The monoisotopic (exact) mass is 305 g/mol. The number of benzene rings is 1. The minimum atomic E-state index is -0.500. The van der Waals surface area contributed by atoms with Gasteiger partial charge in [-0.3, -0.25) is 4.79 Å². The van der Waals surface area contributed by atoms with Crippen LogP contribution in [-0.2, 0) is 6.54 Å². The first-order chi connectivity index (χ1) is 9.93. The molecule has 2 rings (SSSR count). The van der Waals surface area contributed by atoms with E-state index in [1.807, 2.05) is 44.2 Å². The summed E-state index contributed by atoms with van der Waals surface area (Å²) >= 11 is 5.92. The predicted octanol–water partition coefficient (Wildman–Crippen LogP) is 3.97. The Hall–Kier alpha value is -1.74. The molecular formula is C17H20ClNO2. The highest BCUT2D eigenvalue weighted by molar-refractivity contribution is 6.33. The summed E-state index contributed by atoms with van der Waals surface area (Å²) in [4.78, 5) is 12.1. The van der Waals surface area contributed by atoms with Gasteiger partial charge in [-0.05, 0) is 44.5 Å². The fourth-order valence-corrected chi connectivity index (χ4v) is 2.54. The van der Waals surface area contributed by atoms with E-state index in [0.717, 1.165) is 29.2 Å². The summed E-state index contributed by atoms with van der Waals surface area (Å²) in [6.07, 6.45) is 0. The smallest absolute Gasteiger partial charge is 0.182 e. The molecule has 1 atom stereocenters. The molecule has 0 N–H and O–H groups in total. The molecule has 0 saturated carbocycles. The van der Waals surface area contributed by atoms with E-state index in [9.17, 15) is 4.79 Å². The average molecular weight is 306 g/mol. The number of aromatic nitrogens is 1. The number of alkyl halides is 1. The van der Waals surface area contributed by atoms with Crippen molar-refractivity contribution in [2.24, 2.45) is 0 Å². The molecule has 21 heavy (non-hydrogen) atoms. The number of hydrogen-bond donors (Lipinski definition) is 0. The predicted molar refractivity (Wildman–Crippen MR) is 85.6 cm³/mol. The molecule has 0 aliphatic carbocycles. The van der Waals surface area contributed by atoms with Crippen LogP contribution in [0.2, 0.25) is 0 Å². The maximum Gasteiger partial charge on any atom is 0.182 e. The zero-order valence-corrected chi connectivity index (χ0v) is 13.6. The Labute approximate surface area is 130 Å². The van der Waals surface area contributed by atoms with Crippen LogP contribution in [-0.4, -0.2) is 22.8 Å². The lowest BCUT2D eigenvalue weighted by Gasteiger charge is -2.11. The van der Waals surface area contributed by atoms with Crippen LogP contribution in [0.1, 0.15) is 34.2 Å². The van der Waals surface area contributed by atoms with Crippen molar-refractivity contribution in [3.8, 4) is 5.75 Å². The number of nitrogens with zero attached hydrogens (tertiary/aromatic N) is 1. The van der Waals surface area contributed by atoms with Gasteiger partial charge in [0.25, 0.3) is 0 Å². The lowest BCUT2D eigenvalue weighted by molar-refractivity contribution is 0.0991. The minimum absolute atomic E-state index is 0.0225. The third-order valence-corrected chi connectivity index (χ3v) is 3.90. The Bertz CT molecular complexity index is 642. The van der Waals surface area contributed by atoms with Gasteiger partial charge >= 0.3 is 0 Å². The zero-order chi connectivity index (χ0) is 15.6. The highest BCUT2D eigenvalue weighted by atomic mass is 35.5. The number of halogens is 1. The van der Waals surface area contributed by atoms with Crippen molar-refractivity contribution in [2.75, 3.05) is 7.11 Å². The van der Waals surface area contributed by atoms with Crippen LogP contribution in [0.3, 0.4) is 0 Å². The van der Waals surface area contributed by atoms with Gasteiger partial charge in [-0.15, -0.1) is 11.6 Å². The summed E-state index contributed by atoms with van der Waals surface area (Å²) in [6, 6.07) is 9.86. The van der Waals surface area contributed by atoms with Gasteiger partial charge in [0.05, 0.1) is 12.5 Å². The first-order valence-electron chi connectivity index (χ1n) is 6.92. The topological polar surface area (TPSA) is 31.2 Å². The summed E-state index contributed by atoms with van der Waals surface area (Å²) in [5, 5.41) is -0.500. The van der Waals surface area contributed by atoms with Crippen molar-refractivity contribution in [3.05, 3.63) is 52.8 Å². The van der Waals surface area contributed by atoms with E-state index in [4.69, 9.17) is 16.3 Å². The van der Waals surface area contributed by atoms with Crippen molar-refractivity contribution in [2.45, 2.75) is 32.7 Å². The van der Waals surface area contributed by atoms with Gasteiger partial charge in [-0.25, -0.2) is 0 Å². The summed E-state index contributed by atoms with van der Waals surface area (Å²) in [5.74, 6) is 0.817. The molecule has 0 aliphatic rings. The first kappa shape index (κ1) is 15.6.